The summed E-state index contributed by atoms with van der Waals surface area (Å²) in [6, 6.07) is 16.7. The highest BCUT2D eigenvalue weighted by atomic mass is 79.9. The standard InChI is InChI=1S/C18H22BrNO/c1-13(3-4-15-5-11-18(21)12-6-15)20-14(2)16-7-9-17(19)10-8-16/h5-14,20-21H,3-4H2,1-2H3. The zero-order valence-electron chi connectivity index (χ0n) is 12.5. The fourth-order valence-electron chi connectivity index (χ4n) is 2.40. The number of hydrogen-bond acceptors (Lipinski definition) is 2. The first-order valence-corrected chi connectivity index (χ1v) is 8.13. The SMILES string of the molecule is CC(CCc1ccc(O)cc1)NC(C)c1ccc(Br)cc1. The number of benzene rings is 2. The third-order valence-corrected chi connectivity index (χ3v) is 4.24. The van der Waals surface area contributed by atoms with E-state index >= 15 is 0 Å². The molecule has 112 valence electrons. The average Bonchev–Trinajstić information content (AvgIpc) is 2.47. The molecule has 0 aliphatic carbocycles. The molecule has 2 aromatic rings. The maximum atomic E-state index is 9.28. The van der Waals surface area contributed by atoms with Crippen LogP contribution in [-0.2, 0) is 6.42 Å². The van der Waals surface area contributed by atoms with Gasteiger partial charge in [-0.1, -0.05) is 40.2 Å². The lowest BCUT2D eigenvalue weighted by molar-refractivity contribution is 0.456. The Balaban J connectivity index is 1.82. The quantitative estimate of drug-likeness (QED) is 0.784. The summed E-state index contributed by atoms with van der Waals surface area (Å²) in [7, 11) is 0. The van der Waals surface area contributed by atoms with E-state index in [0.29, 0.717) is 17.8 Å². The molecule has 2 rings (SSSR count). The minimum atomic E-state index is 0.328. The van der Waals surface area contributed by atoms with E-state index in [9.17, 15) is 5.11 Å². The molecule has 0 heterocycles. The Hall–Kier alpha value is -1.32. The molecule has 0 fully saturated rings. The van der Waals surface area contributed by atoms with E-state index in [1.165, 1.54) is 11.1 Å². The maximum Gasteiger partial charge on any atom is 0.115 e. The van der Waals surface area contributed by atoms with Gasteiger partial charge in [0.15, 0.2) is 0 Å². The molecule has 0 saturated heterocycles. The number of hydrogen-bond donors (Lipinski definition) is 2. The van der Waals surface area contributed by atoms with Crippen molar-refractivity contribution in [1.82, 2.24) is 5.32 Å². The smallest absolute Gasteiger partial charge is 0.115 e. The van der Waals surface area contributed by atoms with Crippen LogP contribution in [-0.4, -0.2) is 11.1 Å². The highest BCUT2D eigenvalue weighted by molar-refractivity contribution is 9.10. The minimum Gasteiger partial charge on any atom is -0.508 e. The summed E-state index contributed by atoms with van der Waals surface area (Å²) in [6.45, 7) is 4.41. The predicted molar refractivity (Wildman–Crippen MR) is 91.6 cm³/mol. The van der Waals surface area contributed by atoms with Crippen molar-refractivity contribution in [1.29, 1.82) is 0 Å². The van der Waals surface area contributed by atoms with Crippen molar-refractivity contribution in [2.75, 3.05) is 0 Å². The molecular formula is C18H22BrNO. The first-order chi connectivity index (χ1) is 10.0. The van der Waals surface area contributed by atoms with Gasteiger partial charge in [-0.25, -0.2) is 0 Å². The van der Waals surface area contributed by atoms with Gasteiger partial charge in [0.05, 0.1) is 0 Å². The van der Waals surface area contributed by atoms with Crippen LogP contribution in [0.15, 0.2) is 53.0 Å². The number of halogens is 1. The minimum absolute atomic E-state index is 0.328. The molecule has 0 saturated carbocycles. The topological polar surface area (TPSA) is 32.3 Å². The fraction of sp³-hybridized carbons (Fsp3) is 0.333. The molecule has 0 bridgehead atoms. The molecule has 21 heavy (non-hydrogen) atoms. The van der Waals surface area contributed by atoms with Crippen molar-refractivity contribution in [2.24, 2.45) is 0 Å². The summed E-state index contributed by atoms with van der Waals surface area (Å²) in [5.41, 5.74) is 2.56. The molecule has 2 atom stereocenters. The Kier molecular flexibility index (Phi) is 5.83. The van der Waals surface area contributed by atoms with E-state index < -0.39 is 0 Å². The Morgan fingerprint density at radius 2 is 1.62 bits per heavy atom. The molecule has 2 aromatic carbocycles. The van der Waals surface area contributed by atoms with Crippen LogP contribution in [0.25, 0.3) is 0 Å². The maximum absolute atomic E-state index is 9.28. The van der Waals surface area contributed by atoms with E-state index in [2.05, 4.69) is 59.4 Å². The predicted octanol–water partition coefficient (Wildman–Crippen LogP) is 4.83. The van der Waals surface area contributed by atoms with Crippen LogP contribution in [0.5, 0.6) is 5.75 Å². The molecule has 2 N–H and O–H groups in total. The third kappa shape index (κ3) is 5.18. The Labute approximate surface area is 135 Å². The zero-order valence-corrected chi connectivity index (χ0v) is 14.1. The first-order valence-electron chi connectivity index (χ1n) is 7.34. The van der Waals surface area contributed by atoms with Gasteiger partial charge in [-0.3, -0.25) is 0 Å². The van der Waals surface area contributed by atoms with E-state index in [-0.39, 0.29) is 0 Å². The van der Waals surface area contributed by atoms with E-state index in [0.717, 1.165) is 17.3 Å². The largest absolute Gasteiger partial charge is 0.508 e. The van der Waals surface area contributed by atoms with Gasteiger partial charge >= 0.3 is 0 Å². The summed E-state index contributed by atoms with van der Waals surface area (Å²) in [5, 5.41) is 12.9. The van der Waals surface area contributed by atoms with Crippen LogP contribution in [0.2, 0.25) is 0 Å². The van der Waals surface area contributed by atoms with E-state index in [1.807, 2.05) is 12.1 Å². The lowest BCUT2D eigenvalue weighted by Crippen LogP contribution is -2.29. The summed E-state index contributed by atoms with van der Waals surface area (Å²) in [4.78, 5) is 0. The summed E-state index contributed by atoms with van der Waals surface area (Å²) < 4.78 is 1.11. The van der Waals surface area contributed by atoms with Crippen LogP contribution in [0.4, 0.5) is 0 Å². The van der Waals surface area contributed by atoms with Gasteiger partial charge in [0.25, 0.3) is 0 Å². The molecule has 0 radical (unpaired) electrons. The van der Waals surface area contributed by atoms with Gasteiger partial charge in [-0.15, -0.1) is 0 Å². The molecule has 0 amide bonds. The van der Waals surface area contributed by atoms with Gasteiger partial charge in [-0.05, 0) is 62.1 Å². The van der Waals surface area contributed by atoms with Crippen LogP contribution >= 0.6 is 15.9 Å². The molecule has 0 aliphatic rings. The second-order valence-corrected chi connectivity index (χ2v) is 6.46. The van der Waals surface area contributed by atoms with Crippen molar-refractivity contribution >= 4 is 15.9 Å². The van der Waals surface area contributed by atoms with Gasteiger partial charge < -0.3 is 10.4 Å². The van der Waals surface area contributed by atoms with Crippen LogP contribution in [0.3, 0.4) is 0 Å². The molecule has 0 spiro atoms. The summed E-state index contributed by atoms with van der Waals surface area (Å²) in [6.07, 6.45) is 2.09. The highest BCUT2D eigenvalue weighted by Crippen LogP contribution is 2.18. The Morgan fingerprint density at radius 1 is 1.00 bits per heavy atom. The number of aryl methyl sites for hydroxylation is 1. The zero-order chi connectivity index (χ0) is 15.2. The van der Waals surface area contributed by atoms with Crippen molar-refractivity contribution < 1.29 is 5.11 Å². The van der Waals surface area contributed by atoms with E-state index in [4.69, 9.17) is 0 Å². The molecular weight excluding hydrogens is 326 g/mol. The molecule has 2 nitrogen and oxygen atoms in total. The third-order valence-electron chi connectivity index (χ3n) is 3.71. The molecule has 3 heteroatoms. The second-order valence-electron chi connectivity index (χ2n) is 5.55. The molecule has 2 unspecified atom stereocenters. The number of aromatic hydroxyl groups is 1. The van der Waals surface area contributed by atoms with Crippen LogP contribution < -0.4 is 5.32 Å². The number of phenolic OH excluding ortho intramolecular Hbond substituents is 1. The number of rotatable bonds is 6. The number of phenols is 1. The lowest BCUT2D eigenvalue weighted by atomic mass is 10.0. The molecule has 0 aromatic heterocycles. The van der Waals surface area contributed by atoms with Crippen molar-refractivity contribution in [3.8, 4) is 5.75 Å². The van der Waals surface area contributed by atoms with Crippen LogP contribution in [0, 0.1) is 0 Å². The highest BCUT2D eigenvalue weighted by Gasteiger charge is 2.09. The average molecular weight is 348 g/mol. The second kappa shape index (κ2) is 7.62. The lowest BCUT2D eigenvalue weighted by Gasteiger charge is -2.20. The number of nitrogens with one attached hydrogen (secondary N) is 1. The molecule has 0 aliphatic heterocycles. The fourth-order valence-corrected chi connectivity index (χ4v) is 2.67. The van der Waals surface area contributed by atoms with Gasteiger partial charge in [0.2, 0.25) is 0 Å². The van der Waals surface area contributed by atoms with E-state index in [1.54, 1.807) is 12.1 Å². The van der Waals surface area contributed by atoms with Crippen molar-refractivity contribution in [2.45, 2.75) is 38.8 Å². The summed E-state index contributed by atoms with van der Waals surface area (Å²) >= 11 is 3.46. The van der Waals surface area contributed by atoms with Crippen molar-refractivity contribution in [3.05, 3.63) is 64.1 Å². The van der Waals surface area contributed by atoms with Gasteiger partial charge in [0, 0.05) is 16.6 Å². The van der Waals surface area contributed by atoms with Gasteiger partial charge in [-0.2, -0.15) is 0 Å². The monoisotopic (exact) mass is 347 g/mol. The Bertz CT molecular complexity index is 550. The van der Waals surface area contributed by atoms with Crippen LogP contribution in [0.1, 0.15) is 37.4 Å². The first kappa shape index (κ1) is 16.1. The Morgan fingerprint density at radius 3 is 2.24 bits per heavy atom. The normalized spacial score (nSPS) is 13.9. The van der Waals surface area contributed by atoms with Gasteiger partial charge in [0.1, 0.15) is 5.75 Å². The van der Waals surface area contributed by atoms with Crippen molar-refractivity contribution in [3.63, 3.8) is 0 Å². The summed E-state index contributed by atoms with van der Waals surface area (Å²) in [5.74, 6) is 0.328.